The number of hydrogen-bond acceptors (Lipinski definition) is 3. The maximum atomic E-state index is 11.0. The van der Waals surface area contributed by atoms with Crippen molar-refractivity contribution in [1.82, 2.24) is 10.6 Å². The second kappa shape index (κ2) is 8.22. The molecule has 88 valence electrons. The molecule has 1 atom stereocenters. The zero-order valence-electron chi connectivity index (χ0n) is 8.62. The Kier molecular flexibility index (Phi) is 7.61. The third-order valence-electron chi connectivity index (χ3n) is 1.53. The van der Waals surface area contributed by atoms with Gasteiger partial charge in [0.1, 0.15) is 0 Å². The van der Waals surface area contributed by atoms with E-state index in [1.54, 1.807) is 6.26 Å². The number of rotatable bonds is 7. The van der Waals surface area contributed by atoms with E-state index in [0.717, 1.165) is 0 Å². The molecule has 0 aliphatic carbocycles. The Morgan fingerprint density at radius 2 is 1.87 bits per heavy atom. The Morgan fingerprint density at radius 1 is 1.27 bits per heavy atom. The third-order valence-corrected chi connectivity index (χ3v) is 2.31. The second-order valence-electron chi connectivity index (χ2n) is 2.96. The number of carbonyl (C=O) groups excluding carboxylic acids is 1. The summed E-state index contributed by atoms with van der Waals surface area (Å²) < 4.78 is 10.6. The summed E-state index contributed by atoms with van der Waals surface area (Å²) in [6.07, 6.45) is 2.01. The highest BCUT2D eigenvalue weighted by atomic mass is 32.2. The minimum absolute atomic E-state index is 0.0409. The molecule has 0 aromatic carbocycles. The van der Waals surface area contributed by atoms with E-state index in [9.17, 15) is 13.8 Å². The number of urea groups is 1. The maximum absolute atomic E-state index is 11.0. The molecule has 6 nitrogen and oxygen atoms in total. The van der Waals surface area contributed by atoms with Gasteiger partial charge in [0.25, 0.3) is 0 Å². The summed E-state index contributed by atoms with van der Waals surface area (Å²) in [5.41, 5.74) is 0. The first-order chi connectivity index (χ1) is 7.02. The van der Waals surface area contributed by atoms with Crippen molar-refractivity contribution < 1.29 is 18.9 Å². The minimum Gasteiger partial charge on any atom is -0.481 e. The normalized spacial score (nSPS) is 11.8. The van der Waals surface area contributed by atoms with E-state index in [0.29, 0.717) is 25.3 Å². The molecule has 2 amide bonds. The van der Waals surface area contributed by atoms with Crippen LogP contribution in [0.5, 0.6) is 0 Å². The first-order valence-corrected chi connectivity index (χ1v) is 6.28. The molecule has 0 rings (SSSR count). The van der Waals surface area contributed by atoms with Crippen molar-refractivity contribution in [2.75, 3.05) is 25.1 Å². The lowest BCUT2D eigenvalue weighted by molar-refractivity contribution is -0.137. The number of nitrogens with one attached hydrogen (secondary N) is 2. The summed E-state index contributed by atoms with van der Waals surface area (Å²) in [4.78, 5) is 21.1. The summed E-state index contributed by atoms with van der Waals surface area (Å²) in [5.74, 6) is -0.457. The molecule has 0 fully saturated rings. The molecule has 0 radical (unpaired) electrons. The summed E-state index contributed by atoms with van der Waals surface area (Å²) in [6, 6.07) is -0.356. The van der Waals surface area contributed by atoms with E-state index in [4.69, 9.17) is 5.11 Å². The Morgan fingerprint density at radius 3 is 2.40 bits per heavy atom. The van der Waals surface area contributed by atoms with Crippen LogP contribution < -0.4 is 10.6 Å². The Hall–Kier alpha value is -1.11. The first-order valence-electron chi connectivity index (χ1n) is 4.56. The maximum Gasteiger partial charge on any atom is 0.314 e. The van der Waals surface area contributed by atoms with Crippen LogP contribution >= 0.6 is 0 Å². The molecule has 0 aliphatic rings. The van der Waals surface area contributed by atoms with Gasteiger partial charge in [-0.1, -0.05) is 0 Å². The monoisotopic (exact) mass is 236 g/mol. The van der Waals surface area contributed by atoms with Crippen molar-refractivity contribution in [1.29, 1.82) is 0 Å². The van der Waals surface area contributed by atoms with Gasteiger partial charge in [-0.2, -0.15) is 0 Å². The van der Waals surface area contributed by atoms with Gasteiger partial charge < -0.3 is 15.7 Å². The topological polar surface area (TPSA) is 95.5 Å². The molecule has 7 heteroatoms. The lowest BCUT2D eigenvalue weighted by Gasteiger charge is -2.05. The van der Waals surface area contributed by atoms with Crippen LogP contribution in [0.25, 0.3) is 0 Å². The van der Waals surface area contributed by atoms with Crippen LogP contribution in [0.15, 0.2) is 0 Å². The van der Waals surface area contributed by atoms with Gasteiger partial charge in [0.15, 0.2) is 0 Å². The van der Waals surface area contributed by atoms with Crippen LogP contribution in [0.1, 0.15) is 12.8 Å². The summed E-state index contributed by atoms with van der Waals surface area (Å²) >= 11 is 0. The average Bonchev–Trinajstić information content (AvgIpc) is 2.11. The standard InChI is InChI=1S/C8H16N2O4S/c1-15(14)6-5-10-8(13)9-4-2-3-7(11)12/h2-6H2,1H3,(H,11,12)(H2,9,10,13). The molecule has 0 aromatic heterocycles. The van der Waals surface area contributed by atoms with Gasteiger partial charge >= 0.3 is 12.0 Å². The van der Waals surface area contributed by atoms with E-state index in [2.05, 4.69) is 10.6 Å². The molecule has 0 saturated heterocycles. The molecular weight excluding hydrogens is 220 g/mol. The highest BCUT2D eigenvalue weighted by molar-refractivity contribution is 7.84. The number of amides is 2. The molecule has 0 heterocycles. The predicted octanol–water partition coefficient (Wildman–Crippen LogP) is -0.471. The van der Waals surface area contributed by atoms with Gasteiger partial charge in [-0.25, -0.2) is 4.79 Å². The van der Waals surface area contributed by atoms with Crippen molar-refractivity contribution >= 4 is 22.8 Å². The fourth-order valence-corrected chi connectivity index (χ4v) is 1.20. The molecule has 0 spiro atoms. The van der Waals surface area contributed by atoms with Crippen LogP contribution in [0.2, 0.25) is 0 Å². The van der Waals surface area contributed by atoms with Gasteiger partial charge in [0.05, 0.1) is 0 Å². The average molecular weight is 236 g/mol. The van der Waals surface area contributed by atoms with E-state index in [-0.39, 0.29) is 12.5 Å². The van der Waals surface area contributed by atoms with Crippen molar-refractivity contribution in [2.24, 2.45) is 0 Å². The zero-order valence-corrected chi connectivity index (χ0v) is 9.43. The lowest BCUT2D eigenvalue weighted by Crippen LogP contribution is -2.38. The van der Waals surface area contributed by atoms with E-state index in [1.807, 2.05) is 0 Å². The largest absolute Gasteiger partial charge is 0.481 e. The minimum atomic E-state index is -0.916. The van der Waals surface area contributed by atoms with E-state index in [1.165, 1.54) is 0 Å². The fraction of sp³-hybridized carbons (Fsp3) is 0.750. The van der Waals surface area contributed by atoms with Crippen LogP contribution in [0.4, 0.5) is 4.79 Å². The van der Waals surface area contributed by atoms with Crippen molar-refractivity contribution in [3.8, 4) is 0 Å². The molecule has 3 N–H and O–H groups in total. The number of carboxylic acids is 1. The number of carboxylic acid groups (broad SMARTS) is 1. The van der Waals surface area contributed by atoms with E-state index >= 15 is 0 Å². The van der Waals surface area contributed by atoms with Gasteiger partial charge in [0, 0.05) is 42.3 Å². The predicted molar refractivity (Wildman–Crippen MR) is 57.2 cm³/mol. The lowest BCUT2D eigenvalue weighted by atomic mass is 10.3. The SMILES string of the molecule is CS(=O)CCNC(=O)NCCCC(=O)O. The summed E-state index contributed by atoms with van der Waals surface area (Å²) in [5, 5.41) is 13.3. The summed E-state index contributed by atoms with van der Waals surface area (Å²) in [7, 11) is -0.916. The number of carbonyl (C=O) groups is 2. The third kappa shape index (κ3) is 10.8. The van der Waals surface area contributed by atoms with Crippen molar-refractivity contribution in [3.63, 3.8) is 0 Å². The highest BCUT2D eigenvalue weighted by Gasteiger charge is 2.00. The highest BCUT2D eigenvalue weighted by Crippen LogP contribution is 1.85. The molecule has 0 saturated carbocycles. The van der Waals surface area contributed by atoms with Gasteiger partial charge in [-0.15, -0.1) is 0 Å². The van der Waals surface area contributed by atoms with Crippen LogP contribution in [0, 0.1) is 0 Å². The number of hydrogen-bond donors (Lipinski definition) is 3. The molecule has 15 heavy (non-hydrogen) atoms. The van der Waals surface area contributed by atoms with Gasteiger partial charge in [-0.3, -0.25) is 9.00 Å². The van der Waals surface area contributed by atoms with Crippen LogP contribution in [-0.2, 0) is 15.6 Å². The number of aliphatic carboxylic acids is 1. The molecule has 0 bridgehead atoms. The summed E-state index contributed by atoms with van der Waals surface area (Å²) in [6.45, 7) is 0.682. The molecule has 0 aromatic rings. The van der Waals surface area contributed by atoms with Crippen LogP contribution in [-0.4, -0.2) is 46.4 Å². The Bertz CT molecular complexity index is 245. The fourth-order valence-electron chi connectivity index (χ4n) is 0.812. The van der Waals surface area contributed by atoms with Crippen molar-refractivity contribution in [2.45, 2.75) is 12.8 Å². The molecule has 1 unspecified atom stereocenters. The smallest absolute Gasteiger partial charge is 0.314 e. The zero-order chi connectivity index (χ0) is 11.7. The van der Waals surface area contributed by atoms with Crippen molar-refractivity contribution in [3.05, 3.63) is 0 Å². The Balaban J connectivity index is 3.33. The Labute approximate surface area is 90.9 Å². The second-order valence-corrected chi connectivity index (χ2v) is 4.51. The van der Waals surface area contributed by atoms with Crippen LogP contribution in [0.3, 0.4) is 0 Å². The molecule has 0 aliphatic heterocycles. The van der Waals surface area contributed by atoms with E-state index < -0.39 is 16.8 Å². The van der Waals surface area contributed by atoms with Gasteiger partial charge in [-0.05, 0) is 6.42 Å². The quantitative estimate of drug-likeness (QED) is 0.521. The molecular formula is C8H16N2O4S. The van der Waals surface area contributed by atoms with Gasteiger partial charge in [0.2, 0.25) is 0 Å². The first kappa shape index (κ1) is 13.9.